The molecule has 134 valence electrons. The maximum Gasteiger partial charge on any atom is 0.417 e. The molecular weight excluding hydrogens is 324 g/mol. The van der Waals surface area contributed by atoms with Crippen LogP contribution >= 0.6 is 0 Å². The number of carbonyl (C=O) groups is 3. The zero-order valence-corrected chi connectivity index (χ0v) is 14.4. The largest absolute Gasteiger partial charge is 0.484 e. The second-order valence-corrected chi connectivity index (χ2v) is 6.74. The lowest BCUT2D eigenvalue weighted by atomic mass is 9.99. The zero-order chi connectivity index (χ0) is 18.0. The van der Waals surface area contributed by atoms with Crippen molar-refractivity contribution in [2.24, 2.45) is 5.92 Å². The van der Waals surface area contributed by atoms with Gasteiger partial charge in [0.15, 0.2) is 13.2 Å². The van der Waals surface area contributed by atoms with Crippen molar-refractivity contribution < 1.29 is 23.9 Å². The molecule has 7 nitrogen and oxygen atoms in total. The smallest absolute Gasteiger partial charge is 0.417 e. The predicted molar refractivity (Wildman–Crippen MR) is 89.2 cm³/mol. The number of hydrogen-bond acceptors (Lipinski definition) is 5. The Morgan fingerprint density at radius 2 is 1.92 bits per heavy atom. The van der Waals surface area contributed by atoms with Crippen LogP contribution in [0.25, 0.3) is 0 Å². The van der Waals surface area contributed by atoms with Crippen LogP contribution in [-0.2, 0) is 14.3 Å². The summed E-state index contributed by atoms with van der Waals surface area (Å²) in [6.07, 6.45) is -0.594. The Morgan fingerprint density at radius 3 is 2.48 bits per heavy atom. The molecule has 0 N–H and O–H groups in total. The van der Waals surface area contributed by atoms with Gasteiger partial charge in [0, 0.05) is 25.6 Å². The molecule has 1 aromatic carbocycles. The minimum atomic E-state index is -0.594. The number of nitrogens with zero attached hydrogens (tertiary/aromatic N) is 2. The molecule has 7 heteroatoms. The van der Waals surface area contributed by atoms with Crippen LogP contribution in [0.2, 0.25) is 0 Å². The Balaban J connectivity index is 1.40. The first-order valence-electron chi connectivity index (χ1n) is 8.41. The topological polar surface area (TPSA) is 76.2 Å². The molecule has 0 bridgehead atoms. The number of amides is 3. The fraction of sp³-hybridized carbons (Fsp3) is 0.500. The molecule has 3 amide bonds. The highest BCUT2D eigenvalue weighted by Gasteiger charge is 2.38. The molecule has 0 aromatic heterocycles. The fourth-order valence-corrected chi connectivity index (χ4v) is 2.89. The van der Waals surface area contributed by atoms with E-state index in [1.807, 2.05) is 24.3 Å². The average Bonchev–Trinajstić information content (AvgIpc) is 2.87. The van der Waals surface area contributed by atoms with Crippen LogP contribution in [0, 0.1) is 5.92 Å². The van der Waals surface area contributed by atoms with Crippen molar-refractivity contribution in [3.05, 3.63) is 29.8 Å². The van der Waals surface area contributed by atoms with Gasteiger partial charge in [0.2, 0.25) is 0 Å². The van der Waals surface area contributed by atoms with Crippen LogP contribution in [0.15, 0.2) is 24.3 Å². The van der Waals surface area contributed by atoms with Crippen molar-refractivity contribution in [2.75, 3.05) is 32.8 Å². The van der Waals surface area contributed by atoms with Crippen LogP contribution in [0.4, 0.5) is 4.79 Å². The van der Waals surface area contributed by atoms with Gasteiger partial charge >= 0.3 is 6.09 Å². The summed E-state index contributed by atoms with van der Waals surface area (Å²) < 4.78 is 10.2. The van der Waals surface area contributed by atoms with E-state index in [0.29, 0.717) is 31.3 Å². The van der Waals surface area contributed by atoms with Crippen LogP contribution in [0.3, 0.4) is 0 Å². The van der Waals surface area contributed by atoms with Crippen molar-refractivity contribution in [1.82, 2.24) is 9.80 Å². The van der Waals surface area contributed by atoms with Gasteiger partial charge < -0.3 is 14.4 Å². The molecule has 2 saturated heterocycles. The Morgan fingerprint density at radius 1 is 1.24 bits per heavy atom. The van der Waals surface area contributed by atoms with E-state index in [0.717, 1.165) is 4.90 Å². The highest BCUT2D eigenvalue weighted by molar-refractivity contribution is 5.97. The molecular formula is C18H22N2O5. The lowest BCUT2D eigenvalue weighted by molar-refractivity contribution is -0.140. The second kappa shape index (κ2) is 7.13. The van der Waals surface area contributed by atoms with Crippen molar-refractivity contribution in [3.63, 3.8) is 0 Å². The number of ether oxygens (including phenoxy) is 2. The number of rotatable bonds is 6. The minimum Gasteiger partial charge on any atom is -0.484 e. The molecule has 2 aliphatic heterocycles. The molecule has 3 rings (SSSR count). The second-order valence-electron chi connectivity index (χ2n) is 6.74. The van der Waals surface area contributed by atoms with Gasteiger partial charge in [-0.3, -0.25) is 9.59 Å². The zero-order valence-electron chi connectivity index (χ0n) is 14.4. The van der Waals surface area contributed by atoms with Gasteiger partial charge in [-0.25, -0.2) is 9.69 Å². The number of cyclic esters (lactones) is 1. The summed E-state index contributed by atoms with van der Waals surface area (Å²) in [6.45, 7) is 5.39. The summed E-state index contributed by atoms with van der Waals surface area (Å²) in [5.41, 5.74) is 1.22. The van der Waals surface area contributed by atoms with Crippen LogP contribution in [0.1, 0.15) is 25.3 Å². The molecule has 1 aromatic rings. The summed E-state index contributed by atoms with van der Waals surface area (Å²) in [5, 5.41) is 0. The van der Waals surface area contributed by atoms with Crippen LogP contribution in [0.5, 0.6) is 5.75 Å². The SMILES string of the molecule is CC(C)c1ccc(OCC(=O)N2CC(CN3C(=O)COC3=O)C2)cc1. The molecule has 0 aliphatic carbocycles. The van der Waals surface area contributed by atoms with Crippen molar-refractivity contribution in [2.45, 2.75) is 19.8 Å². The summed E-state index contributed by atoms with van der Waals surface area (Å²) in [6, 6.07) is 7.73. The minimum absolute atomic E-state index is 0.0154. The molecule has 2 fully saturated rings. The quantitative estimate of drug-likeness (QED) is 0.782. The van der Waals surface area contributed by atoms with E-state index in [1.165, 1.54) is 5.56 Å². The van der Waals surface area contributed by atoms with Gasteiger partial charge in [-0.05, 0) is 23.6 Å². The van der Waals surface area contributed by atoms with Crippen molar-refractivity contribution in [3.8, 4) is 5.75 Å². The number of likely N-dealkylation sites (tertiary alicyclic amines) is 1. The molecule has 0 atom stereocenters. The van der Waals surface area contributed by atoms with Gasteiger partial charge in [0.25, 0.3) is 11.8 Å². The first-order valence-corrected chi connectivity index (χ1v) is 8.41. The maximum absolute atomic E-state index is 12.1. The Hall–Kier alpha value is -2.57. The lowest BCUT2D eigenvalue weighted by Crippen LogP contribution is -2.55. The molecule has 2 heterocycles. The maximum atomic E-state index is 12.1. The monoisotopic (exact) mass is 346 g/mol. The first kappa shape index (κ1) is 17.3. The summed E-state index contributed by atoms with van der Waals surface area (Å²) in [4.78, 5) is 37.8. The van der Waals surface area contributed by atoms with Crippen LogP contribution < -0.4 is 4.74 Å². The third kappa shape index (κ3) is 3.92. The third-order valence-electron chi connectivity index (χ3n) is 4.50. The van der Waals surface area contributed by atoms with Crippen molar-refractivity contribution in [1.29, 1.82) is 0 Å². The fourth-order valence-electron chi connectivity index (χ4n) is 2.89. The molecule has 0 saturated carbocycles. The summed E-state index contributed by atoms with van der Waals surface area (Å²) >= 11 is 0. The van der Waals surface area contributed by atoms with E-state index < -0.39 is 6.09 Å². The number of hydrogen-bond donors (Lipinski definition) is 0. The van der Waals surface area contributed by atoms with Crippen molar-refractivity contribution >= 4 is 17.9 Å². The molecule has 0 radical (unpaired) electrons. The Kier molecular flexibility index (Phi) is 4.92. The van der Waals surface area contributed by atoms with Gasteiger partial charge in [0.1, 0.15) is 5.75 Å². The average molecular weight is 346 g/mol. The molecule has 0 unspecified atom stereocenters. The number of carbonyl (C=O) groups excluding carboxylic acids is 3. The third-order valence-corrected chi connectivity index (χ3v) is 4.50. The van der Waals surface area contributed by atoms with E-state index in [-0.39, 0.29) is 30.9 Å². The summed E-state index contributed by atoms with van der Waals surface area (Å²) in [7, 11) is 0. The van der Waals surface area contributed by atoms with E-state index in [9.17, 15) is 14.4 Å². The number of benzene rings is 1. The normalized spacial score (nSPS) is 17.7. The molecule has 25 heavy (non-hydrogen) atoms. The van der Waals surface area contributed by atoms with E-state index >= 15 is 0 Å². The van der Waals surface area contributed by atoms with Crippen LogP contribution in [-0.4, -0.2) is 60.6 Å². The van der Waals surface area contributed by atoms with Gasteiger partial charge in [-0.15, -0.1) is 0 Å². The highest BCUT2D eigenvalue weighted by atomic mass is 16.6. The number of imide groups is 1. The van der Waals surface area contributed by atoms with Gasteiger partial charge in [-0.1, -0.05) is 26.0 Å². The van der Waals surface area contributed by atoms with E-state index in [4.69, 9.17) is 4.74 Å². The molecule has 0 spiro atoms. The predicted octanol–water partition coefficient (Wildman–Crippen LogP) is 1.63. The van der Waals surface area contributed by atoms with E-state index in [2.05, 4.69) is 18.6 Å². The van der Waals surface area contributed by atoms with Gasteiger partial charge in [-0.2, -0.15) is 0 Å². The van der Waals surface area contributed by atoms with Gasteiger partial charge in [0.05, 0.1) is 0 Å². The Labute approximate surface area is 146 Å². The van der Waals surface area contributed by atoms with E-state index in [1.54, 1.807) is 4.90 Å². The summed E-state index contributed by atoms with van der Waals surface area (Å²) in [5.74, 6) is 0.806. The highest BCUT2D eigenvalue weighted by Crippen LogP contribution is 2.21. The standard InChI is InChI=1S/C18H22N2O5/c1-12(2)14-3-5-15(6-4-14)24-10-16(21)19-7-13(8-19)9-20-17(22)11-25-18(20)23/h3-6,12-13H,7-11H2,1-2H3. The first-order chi connectivity index (χ1) is 11.9. The molecule has 2 aliphatic rings. The lowest BCUT2D eigenvalue weighted by Gasteiger charge is -2.40. The Bertz CT molecular complexity index is 649.